The second-order valence-electron chi connectivity index (χ2n) is 12.7. The first-order valence-electron chi connectivity index (χ1n) is 17.5. The van der Waals surface area contributed by atoms with Crippen LogP contribution in [-0.4, -0.2) is 42.0 Å². The minimum atomic E-state index is 0.371. The molecule has 0 spiro atoms. The van der Waals surface area contributed by atoms with Crippen molar-refractivity contribution in [3.63, 3.8) is 0 Å². The van der Waals surface area contributed by atoms with Gasteiger partial charge in [-0.2, -0.15) is 0 Å². The van der Waals surface area contributed by atoms with Crippen molar-refractivity contribution in [3.8, 4) is 11.8 Å². The van der Waals surface area contributed by atoms with Gasteiger partial charge in [0.1, 0.15) is 0 Å². The molecular formula is C41H66N2. The quantitative estimate of drug-likeness (QED) is 0.136. The maximum Gasteiger partial charge on any atom is 0.0441 e. The molecule has 2 nitrogen and oxygen atoms in total. The van der Waals surface area contributed by atoms with Crippen LogP contribution in [0.5, 0.6) is 0 Å². The topological polar surface area (TPSA) is 6.48 Å². The summed E-state index contributed by atoms with van der Waals surface area (Å²) in [6.07, 6.45) is 19.2. The molecule has 0 saturated carbocycles. The molecule has 240 valence electrons. The van der Waals surface area contributed by atoms with Gasteiger partial charge in [-0.25, -0.2) is 0 Å². The van der Waals surface area contributed by atoms with Gasteiger partial charge in [-0.3, -0.25) is 0 Å². The summed E-state index contributed by atoms with van der Waals surface area (Å²) in [5.41, 5.74) is 8.94. The van der Waals surface area contributed by atoms with Crippen LogP contribution in [0.1, 0.15) is 130 Å². The highest BCUT2D eigenvalue weighted by atomic mass is 15.2. The highest BCUT2D eigenvalue weighted by molar-refractivity contribution is 5.74. The highest BCUT2D eigenvalue weighted by Crippen LogP contribution is 2.42. The van der Waals surface area contributed by atoms with Gasteiger partial charge in [0.25, 0.3) is 0 Å². The van der Waals surface area contributed by atoms with E-state index in [-0.39, 0.29) is 0 Å². The lowest BCUT2D eigenvalue weighted by Gasteiger charge is -2.33. The third-order valence-corrected chi connectivity index (χ3v) is 7.88. The Morgan fingerprint density at radius 1 is 1.05 bits per heavy atom. The van der Waals surface area contributed by atoms with E-state index in [1.807, 2.05) is 33.8 Å². The van der Waals surface area contributed by atoms with Crippen molar-refractivity contribution < 1.29 is 0 Å². The molecule has 4 rings (SSSR count). The lowest BCUT2D eigenvalue weighted by Crippen LogP contribution is -2.32. The number of benzene rings is 1. The Balaban J connectivity index is 0.000000663. The molecule has 0 amide bonds. The van der Waals surface area contributed by atoms with Crippen LogP contribution in [0, 0.1) is 24.2 Å². The Hall–Kier alpha value is -2.50. The Bertz CT molecular complexity index is 1090. The van der Waals surface area contributed by atoms with E-state index in [2.05, 4.69) is 106 Å². The van der Waals surface area contributed by atoms with E-state index in [9.17, 15) is 0 Å². The normalized spacial score (nSPS) is 18.1. The van der Waals surface area contributed by atoms with Crippen molar-refractivity contribution >= 4 is 5.70 Å². The van der Waals surface area contributed by atoms with Crippen LogP contribution in [0.3, 0.4) is 0 Å². The number of likely N-dealkylation sites (tertiary alicyclic amines) is 1. The van der Waals surface area contributed by atoms with E-state index in [0.29, 0.717) is 11.5 Å². The van der Waals surface area contributed by atoms with Gasteiger partial charge in [0.05, 0.1) is 0 Å². The van der Waals surface area contributed by atoms with Gasteiger partial charge in [-0.15, -0.1) is 0 Å². The molecule has 2 heteroatoms. The lowest BCUT2D eigenvalue weighted by molar-refractivity contribution is 0.227. The van der Waals surface area contributed by atoms with Gasteiger partial charge in [0.2, 0.25) is 0 Å². The van der Waals surface area contributed by atoms with Crippen LogP contribution in [-0.2, 0) is 6.42 Å². The van der Waals surface area contributed by atoms with Crippen LogP contribution < -0.4 is 0 Å². The number of rotatable bonds is 7. The van der Waals surface area contributed by atoms with Gasteiger partial charge in [0, 0.05) is 42.3 Å². The molecule has 3 aliphatic rings. The van der Waals surface area contributed by atoms with E-state index in [4.69, 9.17) is 0 Å². The van der Waals surface area contributed by atoms with Crippen molar-refractivity contribution in [3.05, 3.63) is 76.9 Å². The van der Waals surface area contributed by atoms with Gasteiger partial charge >= 0.3 is 0 Å². The number of hydrogen-bond donors (Lipinski definition) is 0. The van der Waals surface area contributed by atoms with Crippen molar-refractivity contribution in [2.24, 2.45) is 5.41 Å². The molecule has 0 aliphatic carbocycles. The number of unbranched alkanes of at least 4 members (excludes halogenated alkanes) is 1. The summed E-state index contributed by atoms with van der Waals surface area (Å²) in [7, 11) is 0. The molecule has 0 radical (unpaired) electrons. The fourth-order valence-corrected chi connectivity index (χ4v) is 5.96. The minimum Gasteiger partial charge on any atom is -0.368 e. The van der Waals surface area contributed by atoms with Crippen LogP contribution in [0.25, 0.3) is 5.70 Å². The van der Waals surface area contributed by atoms with Crippen LogP contribution >= 0.6 is 0 Å². The average Bonchev–Trinajstić information content (AvgIpc) is 3.33. The number of nitrogens with zero attached hydrogens (tertiary/aromatic N) is 2. The fourth-order valence-electron chi connectivity index (χ4n) is 5.96. The Morgan fingerprint density at radius 2 is 1.74 bits per heavy atom. The molecule has 0 aromatic heterocycles. The lowest BCUT2D eigenvalue weighted by atomic mass is 9.92. The SMILES string of the molecule is C=C/C=C(\C#CCCCN1CCCCC1)CC1=C2c3ccc(C)cc3CCN2C(C)C1.CC.CC.CC/C=C\C(C)(C)C. The minimum absolute atomic E-state index is 0.371. The fraction of sp³-hybridized carbons (Fsp3) is 0.610. The number of aryl methyl sites for hydroxylation is 1. The Kier molecular flexibility index (Phi) is 19.0. The molecule has 3 aliphatic heterocycles. The summed E-state index contributed by atoms with van der Waals surface area (Å²) in [6.45, 7) is 30.2. The molecule has 1 aromatic rings. The van der Waals surface area contributed by atoms with E-state index in [1.54, 1.807) is 5.57 Å². The largest absolute Gasteiger partial charge is 0.368 e. The summed E-state index contributed by atoms with van der Waals surface area (Å²) in [5.74, 6) is 6.96. The summed E-state index contributed by atoms with van der Waals surface area (Å²) < 4.78 is 0. The Labute approximate surface area is 268 Å². The molecule has 43 heavy (non-hydrogen) atoms. The monoisotopic (exact) mass is 587 g/mol. The zero-order valence-electron chi connectivity index (χ0n) is 29.9. The van der Waals surface area contributed by atoms with Crippen molar-refractivity contribution in [2.45, 2.75) is 133 Å². The molecular weight excluding hydrogens is 520 g/mol. The predicted molar refractivity (Wildman–Crippen MR) is 194 cm³/mol. The first-order chi connectivity index (χ1) is 20.7. The molecule has 1 saturated heterocycles. The number of hydrogen-bond acceptors (Lipinski definition) is 2. The number of fused-ring (bicyclic) bond motifs is 3. The van der Waals surface area contributed by atoms with Gasteiger partial charge < -0.3 is 9.80 Å². The van der Waals surface area contributed by atoms with Gasteiger partial charge in [-0.05, 0) is 88.6 Å². The highest BCUT2D eigenvalue weighted by Gasteiger charge is 2.33. The summed E-state index contributed by atoms with van der Waals surface area (Å²) >= 11 is 0. The van der Waals surface area contributed by atoms with Crippen LogP contribution in [0.2, 0.25) is 0 Å². The van der Waals surface area contributed by atoms with E-state index < -0.39 is 0 Å². The summed E-state index contributed by atoms with van der Waals surface area (Å²) in [4.78, 5) is 5.24. The van der Waals surface area contributed by atoms with E-state index in [0.717, 1.165) is 38.6 Å². The number of piperidine rings is 1. The van der Waals surface area contributed by atoms with Gasteiger partial charge in [-0.1, -0.05) is 128 Å². The summed E-state index contributed by atoms with van der Waals surface area (Å²) in [6, 6.07) is 7.57. The van der Waals surface area contributed by atoms with Crippen LogP contribution in [0.4, 0.5) is 0 Å². The second-order valence-corrected chi connectivity index (χ2v) is 12.7. The van der Waals surface area contributed by atoms with Gasteiger partial charge in [0.15, 0.2) is 0 Å². The maximum absolute atomic E-state index is 3.95. The maximum atomic E-state index is 3.95. The second kappa shape index (κ2) is 21.2. The number of allylic oxidation sites excluding steroid dienone is 5. The predicted octanol–water partition coefficient (Wildman–Crippen LogP) is 11.2. The molecule has 1 unspecified atom stereocenters. The first kappa shape index (κ1) is 38.5. The van der Waals surface area contributed by atoms with Crippen molar-refractivity contribution in [1.82, 2.24) is 9.80 Å². The molecule has 1 atom stereocenters. The molecule has 3 heterocycles. The smallest absolute Gasteiger partial charge is 0.0441 e. The van der Waals surface area contributed by atoms with Crippen molar-refractivity contribution in [1.29, 1.82) is 0 Å². The van der Waals surface area contributed by atoms with E-state index >= 15 is 0 Å². The van der Waals surface area contributed by atoms with E-state index in [1.165, 1.54) is 73.3 Å². The Morgan fingerprint density at radius 3 is 2.35 bits per heavy atom. The first-order valence-corrected chi connectivity index (χ1v) is 17.5. The third kappa shape index (κ3) is 13.8. The average molecular weight is 587 g/mol. The zero-order chi connectivity index (χ0) is 32.3. The molecule has 1 aromatic carbocycles. The van der Waals surface area contributed by atoms with Crippen molar-refractivity contribution in [2.75, 3.05) is 26.2 Å². The molecule has 0 N–H and O–H groups in total. The van der Waals surface area contributed by atoms with Crippen LogP contribution in [0.15, 0.2) is 60.2 Å². The summed E-state index contributed by atoms with van der Waals surface area (Å²) in [5, 5.41) is 0. The zero-order valence-corrected chi connectivity index (χ0v) is 29.9. The molecule has 1 fully saturated rings. The standard InChI is InChI=1S/C29H38N2.C8H16.2C2H6/c1-4-11-25(12-7-5-8-16-30-17-9-6-10-18-30)22-27-21-24(3)31-19-15-26-20-23(2)13-14-28(26)29(27)31;1-5-6-7-8(2,3)4;2*1-2/h4,11,13-14,20,24H,1,5-6,8-10,15-19,21-22H2,2-3H3;6-7H,5H2,1-4H3;2*1-2H3/b25-11+;7-6-;;. The third-order valence-electron chi connectivity index (χ3n) is 7.88. The molecule has 0 bridgehead atoms.